The van der Waals surface area contributed by atoms with Crippen LogP contribution < -0.4 is 10.9 Å². The average Bonchev–Trinajstić information content (AvgIpc) is 2.99. The molecule has 3 rings (SSSR count). The Kier molecular flexibility index (Phi) is 7.03. The Morgan fingerprint density at radius 2 is 1.76 bits per heavy atom. The number of hydrazine groups is 1. The first kappa shape index (κ1) is 21.0. The number of thiocarbonyl (C=S) groups is 1. The zero-order valence-corrected chi connectivity index (χ0v) is 17.4. The van der Waals surface area contributed by atoms with Gasteiger partial charge in [0.1, 0.15) is 4.32 Å². The van der Waals surface area contributed by atoms with Crippen LogP contribution in [0.3, 0.4) is 0 Å². The van der Waals surface area contributed by atoms with E-state index in [1.54, 1.807) is 60.7 Å². The van der Waals surface area contributed by atoms with Crippen molar-refractivity contribution in [2.75, 3.05) is 6.54 Å². The number of halogens is 1. The number of carbonyl (C=O) groups excluding carboxylic acids is 3. The third-order valence-electron chi connectivity index (χ3n) is 3.96. The molecule has 1 heterocycles. The summed E-state index contributed by atoms with van der Waals surface area (Å²) in [6.45, 7) is 0.121. The third kappa shape index (κ3) is 5.66. The number of thioether (sulfide) groups is 1. The van der Waals surface area contributed by atoms with Crippen molar-refractivity contribution >= 4 is 63.7 Å². The summed E-state index contributed by atoms with van der Waals surface area (Å²) in [7, 11) is 0. The van der Waals surface area contributed by atoms with Crippen molar-refractivity contribution in [3.8, 4) is 0 Å². The van der Waals surface area contributed by atoms with Gasteiger partial charge in [0.2, 0.25) is 5.91 Å². The molecule has 0 unspecified atom stereocenters. The summed E-state index contributed by atoms with van der Waals surface area (Å²) in [5.41, 5.74) is 5.94. The van der Waals surface area contributed by atoms with Gasteiger partial charge >= 0.3 is 0 Å². The molecule has 0 atom stereocenters. The first-order valence-electron chi connectivity index (χ1n) is 8.59. The Balaban J connectivity index is 1.51. The normalized spacial score (nSPS) is 14.9. The molecule has 0 aromatic heterocycles. The number of amides is 3. The second-order valence-corrected chi connectivity index (χ2v) is 8.12. The van der Waals surface area contributed by atoms with Crippen LogP contribution in [0.5, 0.6) is 0 Å². The molecule has 1 saturated heterocycles. The number of rotatable bonds is 5. The van der Waals surface area contributed by atoms with Crippen molar-refractivity contribution in [1.82, 2.24) is 15.8 Å². The van der Waals surface area contributed by atoms with E-state index in [1.165, 1.54) is 16.7 Å². The van der Waals surface area contributed by atoms with Gasteiger partial charge in [0, 0.05) is 23.6 Å². The fourth-order valence-electron chi connectivity index (χ4n) is 2.47. The predicted molar refractivity (Wildman–Crippen MR) is 118 cm³/mol. The smallest absolute Gasteiger partial charge is 0.269 e. The Morgan fingerprint density at radius 3 is 2.45 bits per heavy atom. The Labute approximate surface area is 182 Å². The molecule has 0 spiro atoms. The molecule has 0 radical (unpaired) electrons. The molecule has 6 nitrogen and oxygen atoms in total. The summed E-state index contributed by atoms with van der Waals surface area (Å²) in [4.78, 5) is 38.4. The summed E-state index contributed by atoms with van der Waals surface area (Å²) in [5, 5.41) is 0.611. The molecule has 29 heavy (non-hydrogen) atoms. The second-order valence-electron chi connectivity index (χ2n) is 6.00. The SMILES string of the molecule is O=C(CCN1C(=O)/C(=C/c2ccc(Cl)cc2)SC1=S)NNC(=O)c1ccccc1. The predicted octanol–water partition coefficient (Wildman–Crippen LogP) is 3.39. The van der Waals surface area contributed by atoms with Gasteiger partial charge in [-0.1, -0.05) is 65.9 Å². The number of hydrogen-bond acceptors (Lipinski definition) is 5. The zero-order chi connectivity index (χ0) is 20.8. The zero-order valence-electron chi connectivity index (χ0n) is 15.1. The van der Waals surface area contributed by atoms with Gasteiger partial charge in [0.25, 0.3) is 11.8 Å². The van der Waals surface area contributed by atoms with E-state index in [9.17, 15) is 14.4 Å². The maximum absolute atomic E-state index is 12.6. The lowest BCUT2D eigenvalue weighted by atomic mass is 10.2. The van der Waals surface area contributed by atoms with Crippen LogP contribution >= 0.6 is 35.6 Å². The van der Waals surface area contributed by atoms with E-state index < -0.39 is 11.8 Å². The average molecular weight is 446 g/mol. The van der Waals surface area contributed by atoms with Crippen LogP contribution in [0.25, 0.3) is 6.08 Å². The molecule has 1 aliphatic heterocycles. The Bertz CT molecular complexity index is 978. The lowest BCUT2D eigenvalue weighted by Crippen LogP contribution is -2.43. The number of nitrogens with zero attached hydrogens (tertiary/aromatic N) is 1. The maximum atomic E-state index is 12.6. The van der Waals surface area contributed by atoms with E-state index >= 15 is 0 Å². The molecule has 0 saturated carbocycles. The standard InChI is InChI=1S/C20H16ClN3O3S2/c21-15-8-6-13(7-9-15)12-16-19(27)24(20(28)29-16)11-10-17(25)22-23-18(26)14-4-2-1-3-5-14/h1-9,12H,10-11H2,(H,22,25)(H,23,26)/b16-12-. The maximum Gasteiger partial charge on any atom is 0.269 e. The molecule has 2 N–H and O–H groups in total. The molecule has 9 heteroatoms. The van der Waals surface area contributed by atoms with Gasteiger partial charge in [0.15, 0.2) is 0 Å². The first-order chi connectivity index (χ1) is 13.9. The van der Waals surface area contributed by atoms with E-state index in [0.717, 1.165) is 5.56 Å². The van der Waals surface area contributed by atoms with E-state index in [-0.39, 0.29) is 18.9 Å². The fourth-order valence-corrected chi connectivity index (χ4v) is 3.90. The lowest BCUT2D eigenvalue weighted by molar-refractivity contribution is -0.124. The van der Waals surface area contributed by atoms with Gasteiger partial charge < -0.3 is 0 Å². The van der Waals surface area contributed by atoms with Gasteiger partial charge in [-0.05, 0) is 35.9 Å². The van der Waals surface area contributed by atoms with Gasteiger partial charge in [-0.3, -0.25) is 30.1 Å². The minimum Gasteiger partial charge on any atom is -0.292 e. The van der Waals surface area contributed by atoms with Crippen LogP contribution in [0, 0.1) is 0 Å². The van der Waals surface area contributed by atoms with Gasteiger partial charge in [-0.25, -0.2) is 0 Å². The Morgan fingerprint density at radius 1 is 1.07 bits per heavy atom. The van der Waals surface area contributed by atoms with Crippen molar-refractivity contribution in [3.05, 3.63) is 75.7 Å². The molecule has 0 aliphatic carbocycles. The van der Waals surface area contributed by atoms with Gasteiger partial charge in [-0.2, -0.15) is 0 Å². The molecule has 1 fully saturated rings. The number of hydrogen-bond donors (Lipinski definition) is 2. The highest BCUT2D eigenvalue weighted by Crippen LogP contribution is 2.32. The molecule has 0 bridgehead atoms. The van der Waals surface area contributed by atoms with Crippen molar-refractivity contribution in [2.24, 2.45) is 0 Å². The van der Waals surface area contributed by atoms with Crippen LogP contribution in [-0.4, -0.2) is 33.5 Å². The fraction of sp³-hybridized carbons (Fsp3) is 0.100. The van der Waals surface area contributed by atoms with Crippen LogP contribution in [0.15, 0.2) is 59.5 Å². The number of benzene rings is 2. The number of nitrogens with one attached hydrogen (secondary N) is 2. The summed E-state index contributed by atoms with van der Waals surface area (Å²) in [6.07, 6.45) is 1.73. The summed E-state index contributed by atoms with van der Waals surface area (Å²) >= 11 is 12.3. The summed E-state index contributed by atoms with van der Waals surface area (Å²) in [5.74, 6) is -1.10. The summed E-state index contributed by atoms with van der Waals surface area (Å²) in [6, 6.07) is 15.6. The van der Waals surface area contributed by atoms with E-state index in [2.05, 4.69) is 10.9 Å². The van der Waals surface area contributed by atoms with E-state index in [1.807, 2.05) is 0 Å². The topological polar surface area (TPSA) is 78.5 Å². The van der Waals surface area contributed by atoms with Crippen LogP contribution in [0.2, 0.25) is 5.02 Å². The van der Waals surface area contributed by atoms with Crippen molar-refractivity contribution in [2.45, 2.75) is 6.42 Å². The largest absolute Gasteiger partial charge is 0.292 e. The van der Waals surface area contributed by atoms with Gasteiger partial charge in [-0.15, -0.1) is 0 Å². The third-order valence-corrected chi connectivity index (χ3v) is 5.59. The lowest BCUT2D eigenvalue weighted by Gasteiger charge is -2.14. The molecule has 2 aromatic rings. The minimum atomic E-state index is -0.426. The van der Waals surface area contributed by atoms with E-state index in [0.29, 0.717) is 19.8 Å². The van der Waals surface area contributed by atoms with Crippen LogP contribution in [0.4, 0.5) is 0 Å². The molecule has 1 aliphatic rings. The monoisotopic (exact) mass is 445 g/mol. The highest BCUT2D eigenvalue weighted by molar-refractivity contribution is 8.26. The van der Waals surface area contributed by atoms with Crippen molar-refractivity contribution in [3.63, 3.8) is 0 Å². The number of carbonyl (C=O) groups is 3. The molecular formula is C20H16ClN3O3S2. The minimum absolute atomic E-state index is 0.00423. The summed E-state index contributed by atoms with van der Waals surface area (Å²) < 4.78 is 0.385. The van der Waals surface area contributed by atoms with E-state index in [4.69, 9.17) is 23.8 Å². The molecular weight excluding hydrogens is 430 g/mol. The van der Waals surface area contributed by atoms with Crippen LogP contribution in [0.1, 0.15) is 22.3 Å². The molecule has 148 valence electrons. The highest BCUT2D eigenvalue weighted by atomic mass is 35.5. The van der Waals surface area contributed by atoms with Gasteiger partial charge in [0.05, 0.1) is 4.91 Å². The quantitative estimate of drug-likeness (QED) is 0.419. The highest BCUT2D eigenvalue weighted by Gasteiger charge is 2.32. The Hall–Kier alpha value is -2.68. The van der Waals surface area contributed by atoms with Crippen molar-refractivity contribution in [1.29, 1.82) is 0 Å². The first-order valence-corrected chi connectivity index (χ1v) is 10.2. The molecule has 2 aromatic carbocycles. The van der Waals surface area contributed by atoms with Crippen LogP contribution in [-0.2, 0) is 9.59 Å². The van der Waals surface area contributed by atoms with Crippen molar-refractivity contribution < 1.29 is 14.4 Å². The second kappa shape index (κ2) is 9.69. The molecule has 3 amide bonds.